The molecular weight excluding hydrogens is 558 g/mol. The molecule has 4 aliphatic rings. The second-order valence-electron chi connectivity index (χ2n) is 9.89. The monoisotopic (exact) mass is 577 g/mol. The second kappa shape index (κ2) is 8.64. The van der Waals surface area contributed by atoms with Crippen LogP contribution in [0, 0.1) is 24.7 Å². The van der Waals surface area contributed by atoms with Crippen LogP contribution in [0.3, 0.4) is 0 Å². The lowest BCUT2D eigenvalue weighted by Crippen LogP contribution is -2.39. The van der Waals surface area contributed by atoms with E-state index in [0.29, 0.717) is 39.4 Å². The van der Waals surface area contributed by atoms with Crippen molar-refractivity contribution in [1.82, 2.24) is 0 Å². The summed E-state index contributed by atoms with van der Waals surface area (Å²) in [7, 11) is 0. The zero-order valence-electron chi connectivity index (χ0n) is 19.7. The van der Waals surface area contributed by atoms with Gasteiger partial charge in [-0.2, -0.15) is 0 Å². The highest BCUT2D eigenvalue weighted by Crippen LogP contribution is 2.56. The van der Waals surface area contributed by atoms with Gasteiger partial charge in [0.25, 0.3) is 0 Å². The maximum atomic E-state index is 13.8. The van der Waals surface area contributed by atoms with Crippen molar-refractivity contribution in [3.8, 4) is 5.75 Å². The molecule has 1 fully saturated rings. The third-order valence-corrected chi connectivity index (χ3v) is 8.84. The Morgan fingerprint density at radius 2 is 1.73 bits per heavy atom. The summed E-state index contributed by atoms with van der Waals surface area (Å²) in [6.07, 6.45) is 3.72. The zero-order valence-corrected chi connectivity index (χ0v) is 22.0. The molecule has 1 heterocycles. The lowest BCUT2D eigenvalue weighted by atomic mass is 9.59. The Morgan fingerprint density at radius 1 is 1.00 bits per heavy atom. The summed E-state index contributed by atoms with van der Waals surface area (Å²) in [5.41, 5.74) is 3.07. The molecule has 8 heteroatoms. The van der Waals surface area contributed by atoms with Gasteiger partial charge in [0.1, 0.15) is 5.75 Å². The standard InChI is InChI=1S/C29H21BrClNO5/c1-13-3-2-4-17(26(13)34)23-16-9-10-18-24(19(16)11-20-25(23)22(33)12-21(30)27(20)35)29(37)32(28(18)36)15-7-5-14(31)6-8-15/h2-9,12,18-19,23-24,34H,10-11H2,1H3/t18-,19+,23+,24-/m0/s1. The summed E-state index contributed by atoms with van der Waals surface area (Å²) >= 11 is 9.24. The first-order valence-electron chi connectivity index (χ1n) is 12.0. The van der Waals surface area contributed by atoms with Crippen molar-refractivity contribution in [3.63, 3.8) is 0 Å². The van der Waals surface area contributed by atoms with Crippen molar-refractivity contribution in [1.29, 1.82) is 0 Å². The number of fused-ring (bicyclic) bond motifs is 3. The summed E-state index contributed by atoms with van der Waals surface area (Å²) < 4.78 is 0.167. The average molecular weight is 579 g/mol. The third-order valence-electron chi connectivity index (χ3n) is 8.00. The molecule has 2 aromatic rings. The molecule has 1 N–H and O–H groups in total. The number of imide groups is 1. The minimum Gasteiger partial charge on any atom is -0.507 e. The molecule has 0 spiro atoms. The van der Waals surface area contributed by atoms with E-state index < -0.39 is 23.7 Å². The number of allylic oxidation sites excluding steroid dienone is 6. The van der Waals surface area contributed by atoms with Gasteiger partial charge in [0.05, 0.1) is 22.0 Å². The molecule has 0 saturated carbocycles. The quantitative estimate of drug-likeness (QED) is 0.296. The van der Waals surface area contributed by atoms with Crippen LogP contribution < -0.4 is 4.90 Å². The van der Waals surface area contributed by atoms with E-state index in [1.54, 1.807) is 49.4 Å². The first kappa shape index (κ1) is 24.1. The highest BCUT2D eigenvalue weighted by atomic mass is 79.9. The Labute approximate surface area is 226 Å². The molecule has 186 valence electrons. The van der Waals surface area contributed by atoms with Crippen LogP contribution in [0.5, 0.6) is 5.75 Å². The molecule has 2 aromatic carbocycles. The highest BCUT2D eigenvalue weighted by molar-refractivity contribution is 9.12. The van der Waals surface area contributed by atoms with Crippen LogP contribution in [0.2, 0.25) is 5.02 Å². The van der Waals surface area contributed by atoms with Gasteiger partial charge < -0.3 is 5.11 Å². The van der Waals surface area contributed by atoms with Gasteiger partial charge in [0.2, 0.25) is 11.8 Å². The van der Waals surface area contributed by atoms with Gasteiger partial charge in [-0.1, -0.05) is 41.4 Å². The van der Waals surface area contributed by atoms with E-state index in [1.165, 1.54) is 11.0 Å². The molecular formula is C29H21BrClNO5. The number of benzene rings is 2. The number of halogens is 2. The summed E-state index contributed by atoms with van der Waals surface area (Å²) in [6.45, 7) is 1.77. The van der Waals surface area contributed by atoms with Crippen LogP contribution in [0.25, 0.3) is 0 Å². The number of nitrogens with zero attached hydrogens (tertiary/aromatic N) is 1. The number of hydrogen-bond donors (Lipinski definition) is 1. The van der Waals surface area contributed by atoms with Crippen molar-refractivity contribution >= 4 is 56.6 Å². The van der Waals surface area contributed by atoms with Crippen molar-refractivity contribution in [2.24, 2.45) is 17.8 Å². The topological polar surface area (TPSA) is 91.8 Å². The van der Waals surface area contributed by atoms with E-state index in [4.69, 9.17) is 11.6 Å². The van der Waals surface area contributed by atoms with Crippen LogP contribution in [-0.4, -0.2) is 28.5 Å². The van der Waals surface area contributed by atoms with Crippen LogP contribution >= 0.6 is 27.5 Å². The van der Waals surface area contributed by atoms with Crippen LogP contribution in [0.1, 0.15) is 29.9 Å². The highest BCUT2D eigenvalue weighted by Gasteiger charge is 2.56. The number of Topliss-reactive ketones (excluding diaryl/α,β-unsaturated/α-hetero) is 1. The van der Waals surface area contributed by atoms with Crippen molar-refractivity contribution in [2.75, 3.05) is 4.90 Å². The van der Waals surface area contributed by atoms with Gasteiger partial charge in [-0.05, 0) is 71.4 Å². The number of anilines is 1. The first-order valence-corrected chi connectivity index (χ1v) is 13.2. The molecule has 6 nitrogen and oxygen atoms in total. The smallest absolute Gasteiger partial charge is 0.238 e. The lowest BCUT2D eigenvalue weighted by molar-refractivity contribution is -0.123. The summed E-state index contributed by atoms with van der Waals surface area (Å²) in [5, 5.41) is 11.5. The largest absolute Gasteiger partial charge is 0.507 e. The van der Waals surface area contributed by atoms with E-state index in [9.17, 15) is 24.3 Å². The number of carbonyl (C=O) groups excluding carboxylic acids is 4. The number of phenolic OH excluding ortho intramolecular Hbond substituents is 1. The van der Waals surface area contributed by atoms with E-state index in [2.05, 4.69) is 15.9 Å². The van der Waals surface area contributed by atoms with Gasteiger partial charge in [-0.15, -0.1) is 0 Å². The fraction of sp³-hybridized carbons (Fsp3) is 0.241. The summed E-state index contributed by atoms with van der Waals surface area (Å²) in [4.78, 5) is 55.1. The molecule has 1 saturated heterocycles. The van der Waals surface area contributed by atoms with Crippen LogP contribution in [-0.2, 0) is 19.2 Å². The molecule has 6 rings (SSSR count). The molecule has 2 amide bonds. The number of ketones is 2. The molecule has 0 bridgehead atoms. The normalized spacial score (nSPS) is 27.1. The van der Waals surface area contributed by atoms with Crippen LogP contribution in [0.4, 0.5) is 5.69 Å². The van der Waals surface area contributed by atoms with Gasteiger partial charge in [0.15, 0.2) is 11.6 Å². The maximum Gasteiger partial charge on any atom is 0.238 e. The molecule has 37 heavy (non-hydrogen) atoms. The average Bonchev–Trinajstić information content (AvgIpc) is 3.13. The van der Waals surface area contributed by atoms with Crippen molar-refractivity contribution in [2.45, 2.75) is 25.7 Å². The number of amides is 2. The molecule has 0 aromatic heterocycles. The summed E-state index contributed by atoms with van der Waals surface area (Å²) in [5.74, 6) is -3.57. The number of rotatable bonds is 2. The summed E-state index contributed by atoms with van der Waals surface area (Å²) in [6, 6.07) is 11.9. The number of aromatic hydroxyl groups is 1. The lowest BCUT2D eigenvalue weighted by Gasteiger charge is -2.42. The predicted octanol–water partition coefficient (Wildman–Crippen LogP) is 5.32. The number of phenols is 1. The number of aryl methyl sites for hydroxylation is 1. The molecule has 1 aliphatic heterocycles. The Morgan fingerprint density at radius 3 is 2.46 bits per heavy atom. The number of carbonyl (C=O) groups is 4. The van der Waals surface area contributed by atoms with E-state index in [0.717, 1.165) is 5.57 Å². The number of para-hydroxylation sites is 1. The van der Waals surface area contributed by atoms with Gasteiger partial charge in [-0.25, -0.2) is 0 Å². The van der Waals surface area contributed by atoms with Gasteiger partial charge in [0, 0.05) is 33.7 Å². The Hall–Kier alpha value is -3.29. The fourth-order valence-corrected chi connectivity index (χ4v) is 6.89. The van der Waals surface area contributed by atoms with E-state index in [-0.39, 0.29) is 40.0 Å². The van der Waals surface area contributed by atoms with Crippen molar-refractivity contribution < 1.29 is 24.3 Å². The molecule has 0 radical (unpaired) electrons. The maximum absolute atomic E-state index is 13.8. The first-order chi connectivity index (χ1) is 17.7. The molecule has 3 aliphatic carbocycles. The Bertz CT molecular complexity index is 1520. The minimum atomic E-state index is -0.685. The second-order valence-corrected chi connectivity index (χ2v) is 11.2. The van der Waals surface area contributed by atoms with Gasteiger partial charge >= 0.3 is 0 Å². The number of hydrogen-bond acceptors (Lipinski definition) is 5. The van der Waals surface area contributed by atoms with E-state index >= 15 is 0 Å². The van der Waals surface area contributed by atoms with Gasteiger partial charge in [-0.3, -0.25) is 24.1 Å². The zero-order chi connectivity index (χ0) is 26.2. The van der Waals surface area contributed by atoms with Crippen molar-refractivity contribution in [3.05, 3.63) is 92.0 Å². The van der Waals surface area contributed by atoms with Crippen LogP contribution in [0.15, 0.2) is 75.8 Å². The van der Waals surface area contributed by atoms with E-state index in [1.807, 2.05) is 6.08 Å². The SMILES string of the molecule is Cc1cccc([C@H]2C3=CC[C@@H]4C(=O)N(c5ccc(Cl)cc5)C(=O)[C@@H]4[C@@H]3CC3=C2C(=O)C=C(Br)C3=O)c1O. The minimum absolute atomic E-state index is 0.0495. The Balaban J connectivity index is 1.50. The third kappa shape index (κ3) is 3.51. The Kier molecular flexibility index (Phi) is 5.62. The fourth-order valence-electron chi connectivity index (χ4n) is 6.32. The molecule has 0 unspecified atom stereocenters. The molecule has 4 atom stereocenters. The predicted molar refractivity (Wildman–Crippen MR) is 141 cm³/mol.